The van der Waals surface area contributed by atoms with Gasteiger partial charge in [0.1, 0.15) is 5.02 Å². The molecular weight excluding hydrogens is 327 g/mol. The van der Waals surface area contributed by atoms with Crippen molar-refractivity contribution in [1.29, 1.82) is 0 Å². The van der Waals surface area contributed by atoms with Crippen LogP contribution in [0.1, 0.15) is 5.56 Å². The average molecular weight is 334 g/mol. The van der Waals surface area contributed by atoms with Gasteiger partial charge in [-0.05, 0) is 11.6 Å². The molecule has 2 aromatic rings. The highest BCUT2D eigenvalue weighted by molar-refractivity contribution is 9.10. The molecule has 0 saturated carbocycles. The second kappa shape index (κ2) is 5.21. The molecule has 0 saturated heterocycles. The predicted octanol–water partition coefficient (Wildman–Crippen LogP) is 3.36. The lowest BCUT2D eigenvalue weighted by Gasteiger charge is -2.07. The molecule has 1 aromatic carbocycles. The van der Waals surface area contributed by atoms with E-state index in [0.29, 0.717) is 6.54 Å². The van der Waals surface area contributed by atoms with E-state index < -0.39 is 5.56 Å². The van der Waals surface area contributed by atoms with Crippen molar-refractivity contribution in [3.05, 3.63) is 60.9 Å². The van der Waals surface area contributed by atoms with Crippen LogP contribution in [-0.2, 0) is 6.54 Å². The van der Waals surface area contributed by atoms with Crippen LogP contribution in [-0.4, -0.2) is 9.78 Å². The zero-order valence-electron chi connectivity index (χ0n) is 8.53. The summed E-state index contributed by atoms with van der Waals surface area (Å²) in [6, 6.07) is 7.60. The number of nitrogens with zero attached hydrogens (tertiary/aromatic N) is 2. The Labute approximate surface area is 116 Å². The Morgan fingerprint density at radius 3 is 2.71 bits per heavy atom. The van der Waals surface area contributed by atoms with Crippen LogP contribution in [0.3, 0.4) is 0 Å². The average Bonchev–Trinajstić information content (AvgIpc) is 2.32. The Kier molecular flexibility index (Phi) is 3.86. The lowest BCUT2D eigenvalue weighted by Crippen LogP contribution is -2.23. The maximum absolute atomic E-state index is 11.8. The molecule has 88 valence electrons. The largest absolute Gasteiger partial charge is 0.287 e. The Morgan fingerprint density at radius 2 is 2.00 bits per heavy atom. The second-order valence-corrected chi connectivity index (χ2v) is 5.00. The van der Waals surface area contributed by atoms with E-state index in [9.17, 15) is 4.79 Å². The molecule has 1 aromatic heterocycles. The molecule has 0 spiro atoms. The molecule has 0 fully saturated rings. The Bertz CT molecular complexity index is 613. The van der Waals surface area contributed by atoms with Crippen molar-refractivity contribution >= 4 is 39.1 Å². The molecule has 0 bridgehead atoms. The van der Waals surface area contributed by atoms with Gasteiger partial charge < -0.3 is 0 Å². The standard InChI is InChI=1S/C11H7BrCl2N2O/c12-8-4-2-1-3-7(8)6-16-11(17)10(14)9(13)5-15-16/h1-5H,6H2. The minimum atomic E-state index is -0.394. The van der Waals surface area contributed by atoms with Crippen LogP contribution >= 0.6 is 39.1 Å². The summed E-state index contributed by atoms with van der Waals surface area (Å²) in [5.74, 6) is 0. The smallest absolute Gasteiger partial charge is 0.266 e. The van der Waals surface area contributed by atoms with E-state index in [4.69, 9.17) is 23.2 Å². The molecule has 0 radical (unpaired) electrons. The Morgan fingerprint density at radius 1 is 1.29 bits per heavy atom. The third-order valence-corrected chi connectivity index (χ3v) is 3.74. The second-order valence-electron chi connectivity index (χ2n) is 3.36. The normalized spacial score (nSPS) is 10.5. The fourth-order valence-corrected chi connectivity index (χ4v) is 2.03. The van der Waals surface area contributed by atoms with Gasteiger partial charge in [0.15, 0.2) is 0 Å². The zero-order chi connectivity index (χ0) is 12.4. The summed E-state index contributed by atoms with van der Waals surface area (Å²) in [5.41, 5.74) is 0.551. The fourth-order valence-electron chi connectivity index (χ4n) is 1.35. The van der Waals surface area contributed by atoms with Crippen molar-refractivity contribution in [2.45, 2.75) is 6.54 Å². The monoisotopic (exact) mass is 332 g/mol. The zero-order valence-corrected chi connectivity index (χ0v) is 11.6. The quantitative estimate of drug-likeness (QED) is 0.844. The predicted molar refractivity (Wildman–Crippen MR) is 71.8 cm³/mol. The van der Waals surface area contributed by atoms with Gasteiger partial charge in [0, 0.05) is 4.47 Å². The van der Waals surface area contributed by atoms with Gasteiger partial charge >= 0.3 is 0 Å². The molecular formula is C11H7BrCl2N2O. The molecule has 0 aliphatic heterocycles. The van der Waals surface area contributed by atoms with Crippen molar-refractivity contribution < 1.29 is 0 Å². The number of hydrogen-bond acceptors (Lipinski definition) is 2. The summed E-state index contributed by atoms with van der Waals surface area (Å²) in [4.78, 5) is 11.8. The summed E-state index contributed by atoms with van der Waals surface area (Å²) < 4.78 is 2.19. The maximum Gasteiger partial charge on any atom is 0.287 e. The third kappa shape index (κ3) is 2.70. The van der Waals surface area contributed by atoms with Crippen LogP contribution in [0.15, 0.2) is 39.7 Å². The van der Waals surface area contributed by atoms with Crippen LogP contribution in [0.25, 0.3) is 0 Å². The maximum atomic E-state index is 11.8. The van der Waals surface area contributed by atoms with E-state index in [1.165, 1.54) is 10.9 Å². The molecule has 0 N–H and O–H groups in total. The van der Waals surface area contributed by atoms with Gasteiger partial charge in [-0.2, -0.15) is 5.10 Å². The van der Waals surface area contributed by atoms with Crippen LogP contribution in [0.4, 0.5) is 0 Å². The molecule has 1 heterocycles. The number of rotatable bonds is 2. The molecule has 0 aliphatic carbocycles. The molecule has 0 aliphatic rings. The summed E-state index contributed by atoms with van der Waals surface area (Å²) in [7, 11) is 0. The van der Waals surface area contributed by atoms with Gasteiger partial charge in [0.2, 0.25) is 0 Å². The summed E-state index contributed by atoms with van der Waals surface area (Å²) in [6.45, 7) is 0.344. The van der Waals surface area contributed by atoms with Gasteiger partial charge in [0.05, 0.1) is 17.8 Å². The van der Waals surface area contributed by atoms with Crippen molar-refractivity contribution in [1.82, 2.24) is 9.78 Å². The molecule has 0 amide bonds. The molecule has 2 rings (SSSR count). The van der Waals surface area contributed by atoms with Crippen LogP contribution < -0.4 is 5.56 Å². The minimum absolute atomic E-state index is 0.00581. The highest BCUT2D eigenvalue weighted by Gasteiger charge is 2.08. The number of aromatic nitrogens is 2. The first-order valence-corrected chi connectivity index (χ1v) is 6.29. The van der Waals surface area contributed by atoms with E-state index in [-0.39, 0.29) is 10.0 Å². The van der Waals surface area contributed by atoms with Crippen molar-refractivity contribution in [3.63, 3.8) is 0 Å². The lowest BCUT2D eigenvalue weighted by atomic mass is 10.2. The number of halogens is 3. The minimum Gasteiger partial charge on any atom is -0.266 e. The van der Waals surface area contributed by atoms with Gasteiger partial charge in [-0.25, -0.2) is 4.68 Å². The molecule has 6 heteroatoms. The van der Waals surface area contributed by atoms with E-state index in [0.717, 1.165) is 10.0 Å². The van der Waals surface area contributed by atoms with Crippen LogP contribution in [0.5, 0.6) is 0 Å². The Hall–Kier alpha value is -0.840. The molecule has 0 unspecified atom stereocenters. The first-order valence-electron chi connectivity index (χ1n) is 4.74. The lowest BCUT2D eigenvalue weighted by molar-refractivity contribution is 0.638. The summed E-state index contributed by atoms with van der Waals surface area (Å²) >= 11 is 14.9. The van der Waals surface area contributed by atoms with Crippen LogP contribution in [0, 0.1) is 0 Å². The van der Waals surface area contributed by atoms with Crippen molar-refractivity contribution in [3.8, 4) is 0 Å². The molecule has 3 nitrogen and oxygen atoms in total. The summed E-state index contributed by atoms with van der Waals surface area (Å²) in [6.07, 6.45) is 1.36. The number of hydrogen-bond donors (Lipinski definition) is 0. The fraction of sp³-hybridized carbons (Fsp3) is 0.0909. The first kappa shape index (κ1) is 12.6. The highest BCUT2D eigenvalue weighted by atomic mass is 79.9. The highest BCUT2D eigenvalue weighted by Crippen LogP contribution is 2.18. The molecule has 17 heavy (non-hydrogen) atoms. The first-order chi connectivity index (χ1) is 8.09. The third-order valence-electron chi connectivity index (χ3n) is 2.22. The van der Waals surface area contributed by atoms with E-state index in [2.05, 4.69) is 21.0 Å². The van der Waals surface area contributed by atoms with E-state index in [1.54, 1.807) is 0 Å². The van der Waals surface area contributed by atoms with Crippen molar-refractivity contribution in [2.75, 3.05) is 0 Å². The van der Waals surface area contributed by atoms with Crippen LogP contribution in [0.2, 0.25) is 10.0 Å². The van der Waals surface area contributed by atoms with E-state index in [1.807, 2.05) is 24.3 Å². The van der Waals surface area contributed by atoms with Gasteiger partial charge in [0.25, 0.3) is 5.56 Å². The van der Waals surface area contributed by atoms with Gasteiger partial charge in [-0.15, -0.1) is 0 Å². The Balaban J connectivity index is 2.41. The topological polar surface area (TPSA) is 34.9 Å². The van der Waals surface area contributed by atoms with E-state index >= 15 is 0 Å². The summed E-state index contributed by atoms with van der Waals surface area (Å²) in [5, 5.41) is 4.10. The SMILES string of the molecule is O=c1c(Cl)c(Cl)cnn1Cc1ccccc1Br. The number of benzene rings is 1. The van der Waals surface area contributed by atoms with Gasteiger partial charge in [-0.1, -0.05) is 57.3 Å². The molecule has 0 atom stereocenters. The van der Waals surface area contributed by atoms with Crippen molar-refractivity contribution in [2.24, 2.45) is 0 Å². The van der Waals surface area contributed by atoms with Gasteiger partial charge in [-0.3, -0.25) is 4.79 Å².